The highest BCUT2D eigenvalue weighted by Crippen LogP contribution is 2.53. The fraction of sp³-hybridized carbons (Fsp3) is 0.863. The summed E-state index contributed by atoms with van der Waals surface area (Å²) in [6, 6.07) is -4.23. The third-order valence-corrected chi connectivity index (χ3v) is 21.6. The van der Waals surface area contributed by atoms with Crippen molar-refractivity contribution < 1.29 is 48.5 Å². The first-order valence-corrected chi connectivity index (χ1v) is 31.1. The van der Waals surface area contributed by atoms with E-state index in [0.717, 1.165) is 80.8 Å². The van der Waals surface area contributed by atoms with Gasteiger partial charge in [0.1, 0.15) is 23.7 Å². The molecule has 6 unspecified atom stereocenters. The molecule has 0 aromatic carbocycles. The second-order valence-electron chi connectivity index (χ2n) is 21.5. The monoisotopic (exact) mass is 1140 g/mol. The van der Waals surface area contributed by atoms with Crippen molar-refractivity contribution in [1.82, 2.24) is 36.4 Å². The molecule has 4 heterocycles. The van der Waals surface area contributed by atoms with Gasteiger partial charge in [-0.1, -0.05) is 65.2 Å². The maximum Gasteiger partial charge on any atom is 0.408 e. The number of aliphatic hydroxyl groups excluding tert-OH is 2. The van der Waals surface area contributed by atoms with Crippen molar-refractivity contribution >= 4 is 101 Å². The van der Waals surface area contributed by atoms with Gasteiger partial charge in [-0.2, -0.15) is 0 Å². The average molecular weight is 1140 g/mol. The SMILES string of the molecule is CCCC(NC(=O)[C@@H]1CC2(CN1C(=O)C(N)C1CCCCC1)SCCS2)C(O)C(=O)NCC.CCCC(NC(=O)[C@@H]1CC2(CN1C(=O)C(NC(=O)OC(C)(C)C)C1CCCCC1)SCCS2)C(O)C(=O)NCC.Cl. The lowest BCUT2D eigenvalue weighted by molar-refractivity contribution is -0.142. The molecule has 8 atom stereocenters. The molecule has 6 fully saturated rings. The topological polar surface area (TPSA) is 262 Å². The molecule has 6 rings (SSSR count). The van der Waals surface area contributed by atoms with Gasteiger partial charge in [0.25, 0.3) is 11.8 Å². The lowest BCUT2D eigenvalue weighted by Gasteiger charge is -2.35. The smallest absolute Gasteiger partial charge is 0.408 e. The Morgan fingerprint density at radius 3 is 1.39 bits per heavy atom. The van der Waals surface area contributed by atoms with Crippen LogP contribution in [0, 0.1) is 11.8 Å². The van der Waals surface area contributed by atoms with Crippen LogP contribution in [0.4, 0.5) is 4.79 Å². The van der Waals surface area contributed by atoms with Crippen LogP contribution < -0.4 is 32.3 Å². The van der Waals surface area contributed by atoms with Gasteiger partial charge in [-0.05, 0) is 85.0 Å². The molecule has 9 N–H and O–H groups in total. The fourth-order valence-electron chi connectivity index (χ4n) is 11.1. The van der Waals surface area contributed by atoms with E-state index in [0.29, 0.717) is 64.7 Å². The minimum Gasteiger partial charge on any atom is -0.444 e. The van der Waals surface area contributed by atoms with E-state index in [1.807, 2.05) is 37.4 Å². The molecule has 0 aromatic rings. The Morgan fingerprint density at radius 2 is 1.01 bits per heavy atom. The number of nitrogens with one attached hydrogen (secondary N) is 5. The molecular formula is C51H89ClN8O10S4. The van der Waals surface area contributed by atoms with Crippen LogP contribution in [-0.4, -0.2) is 173 Å². The number of thioether (sulfide) groups is 4. The van der Waals surface area contributed by atoms with Crippen molar-refractivity contribution in [1.29, 1.82) is 0 Å². The Labute approximate surface area is 463 Å². The summed E-state index contributed by atoms with van der Waals surface area (Å²) in [6.07, 6.45) is 9.97. The van der Waals surface area contributed by atoms with E-state index in [2.05, 4.69) is 26.6 Å². The summed E-state index contributed by atoms with van der Waals surface area (Å²) in [5.41, 5.74) is 5.75. The van der Waals surface area contributed by atoms with E-state index in [1.165, 1.54) is 6.42 Å². The van der Waals surface area contributed by atoms with Crippen LogP contribution in [0.2, 0.25) is 0 Å². The van der Waals surface area contributed by atoms with Crippen molar-refractivity contribution in [2.75, 3.05) is 49.2 Å². The molecule has 2 saturated carbocycles. The second-order valence-corrected chi connectivity index (χ2v) is 27.9. The third kappa shape index (κ3) is 17.6. The number of carbonyl (C=O) groups is 7. The van der Waals surface area contributed by atoms with Crippen LogP contribution in [-0.2, 0) is 33.5 Å². The van der Waals surface area contributed by atoms with Crippen LogP contribution in [0.1, 0.15) is 151 Å². The van der Waals surface area contributed by atoms with E-state index in [9.17, 15) is 43.8 Å². The van der Waals surface area contributed by atoms with Gasteiger partial charge in [0.05, 0.1) is 26.3 Å². The number of nitrogens with two attached hydrogens (primary N) is 1. The van der Waals surface area contributed by atoms with Crippen LogP contribution in [0.15, 0.2) is 0 Å². The molecule has 6 aliphatic rings. The Balaban J connectivity index is 0.000000322. The molecule has 0 aromatic heterocycles. The Morgan fingerprint density at radius 1 is 0.622 bits per heavy atom. The minimum atomic E-state index is -1.39. The van der Waals surface area contributed by atoms with Crippen molar-refractivity contribution in [2.24, 2.45) is 17.6 Å². The Hall–Kier alpha value is -2.34. The molecule has 74 heavy (non-hydrogen) atoms. The zero-order valence-electron chi connectivity index (χ0n) is 44.9. The zero-order chi connectivity index (χ0) is 53.5. The highest BCUT2D eigenvalue weighted by atomic mass is 35.5. The normalized spacial score (nSPS) is 24.0. The average Bonchev–Trinajstić information content (AvgIpc) is 4.20. The predicted molar refractivity (Wildman–Crippen MR) is 300 cm³/mol. The molecule has 18 nitrogen and oxygen atoms in total. The number of hydrogen-bond donors (Lipinski definition) is 8. The number of carbonyl (C=O) groups excluding carboxylic acids is 7. The lowest BCUT2D eigenvalue weighted by Crippen LogP contribution is -2.58. The standard InChI is InChI=1S/C28H48N4O6S2.C23H40N4O4S2.ClH/c1-6-11-19(22(33)24(35)29-7-2)30-23(34)20-16-28(39-14-15-40-28)17-32(20)25(36)21(18-12-9-8-10-13-18)31-26(37)38-27(3,4)5;1-3-8-16(19(28)21(30)25-4-2)26-20(29)17-13-23(32-11-12-33-23)14-27(17)22(31)18(24)15-9-6-5-7-10-15;/h18-22,33H,6-17H2,1-5H3,(H,29,35)(H,30,34)(H,31,37);15-19,28H,3-14,24H2,1-2H3,(H,25,30)(H,26,29);1H/t19?,20-,21?,22?;16?,17-,18?,19?;/m00./s1. The predicted octanol–water partition coefficient (Wildman–Crippen LogP) is 4.89. The van der Waals surface area contributed by atoms with Crippen molar-refractivity contribution in [3.8, 4) is 0 Å². The van der Waals surface area contributed by atoms with Crippen LogP contribution in [0.25, 0.3) is 0 Å². The molecule has 2 spiro atoms. The molecule has 424 valence electrons. The van der Waals surface area contributed by atoms with Gasteiger partial charge in [-0.25, -0.2) is 4.79 Å². The highest BCUT2D eigenvalue weighted by molar-refractivity contribution is 8.21. The number of nitrogens with zero attached hydrogens (tertiary/aromatic N) is 2. The van der Waals surface area contributed by atoms with Crippen molar-refractivity contribution in [2.45, 2.75) is 213 Å². The number of hydrogen-bond acceptors (Lipinski definition) is 15. The largest absolute Gasteiger partial charge is 0.444 e. The van der Waals surface area contributed by atoms with Gasteiger partial charge in [0.15, 0.2) is 12.2 Å². The number of rotatable bonds is 19. The van der Waals surface area contributed by atoms with Crippen molar-refractivity contribution in [3.63, 3.8) is 0 Å². The molecule has 4 saturated heterocycles. The first kappa shape index (κ1) is 64.2. The summed E-state index contributed by atoms with van der Waals surface area (Å²) >= 11 is 7.20. The quantitative estimate of drug-likeness (QED) is 0.0856. The first-order valence-electron chi connectivity index (χ1n) is 27.2. The number of likely N-dealkylation sites (tertiary alicyclic amines) is 2. The number of amides is 7. The summed E-state index contributed by atoms with van der Waals surface area (Å²) in [4.78, 5) is 95.8. The summed E-state index contributed by atoms with van der Waals surface area (Å²) in [7, 11) is 0. The van der Waals surface area contributed by atoms with E-state index in [4.69, 9.17) is 10.5 Å². The van der Waals surface area contributed by atoms with Gasteiger partial charge in [-0.15, -0.1) is 59.5 Å². The number of likely N-dealkylation sites (N-methyl/N-ethyl adjacent to an activating group) is 2. The van der Waals surface area contributed by atoms with Crippen LogP contribution >= 0.6 is 59.5 Å². The van der Waals surface area contributed by atoms with E-state index >= 15 is 0 Å². The molecule has 23 heteroatoms. The van der Waals surface area contributed by atoms with Crippen LogP contribution in [0.5, 0.6) is 0 Å². The summed E-state index contributed by atoms with van der Waals surface area (Å²) < 4.78 is 5.04. The molecule has 2 aliphatic carbocycles. The van der Waals surface area contributed by atoms with Crippen molar-refractivity contribution in [3.05, 3.63) is 0 Å². The van der Waals surface area contributed by atoms with E-state index in [1.54, 1.807) is 67.9 Å². The highest BCUT2D eigenvalue weighted by Gasteiger charge is 2.55. The fourth-order valence-corrected chi connectivity index (χ4v) is 17.6. The Kier molecular flexibility index (Phi) is 26.1. The molecule has 0 radical (unpaired) electrons. The van der Waals surface area contributed by atoms with Gasteiger partial charge in [0, 0.05) is 62.0 Å². The summed E-state index contributed by atoms with van der Waals surface area (Å²) in [5, 5.41) is 35.1. The maximum atomic E-state index is 14.3. The second kappa shape index (κ2) is 30.1. The first-order chi connectivity index (χ1) is 34.7. The van der Waals surface area contributed by atoms with Gasteiger partial charge in [0.2, 0.25) is 23.6 Å². The molecule has 4 aliphatic heterocycles. The zero-order valence-corrected chi connectivity index (χ0v) is 49.0. The number of ether oxygens (including phenoxy) is 1. The Bertz CT molecular complexity index is 1870. The molecular weight excluding hydrogens is 1050 g/mol. The summed E-state index contributed by atoms with van der Waals surface area (Å²) in [5.74, 6) is 1.93. The third-order valence-electron chi connectivity index (χ3n) is 14.7. The maximum absolute atomic E-state index is 14.3. The number of halogens is 1. The van der Waals surface area contributed by atoms with Gasteiger partial charge in [-0.3, -0.25) is 28.8 Å². The van der Waals surface area contributed by atoms with Crippen LogP contribution in [0.3, 0.4) is 0 Å². The summed E-state index contributed by atoms with van der Waals surface area (Å²) in [6.45, 7) is 14.5. The molecule has 7 amide bonds. The number of aliphatic hydroxyl groups is 2. The van der Waals surface area contributed by atoms with E-state index in [-0.39, 0.29) is 56.0 Å². The minimum absolute atomic E-state index is 0. The molecule has 0 bridgehead atoms. The lowest BCUT2D eigenvalue weighted by atomic mass is 9.83. The number of alkyl carbamates (subject to hydrolysis) is 1. The van der Waals surface area contributed by atoms with E-state index < -0.39 is 72.0 Å². The van der Waals surface area contributed by atoms with Gasteiger partial charge < -0.3 is 57.1 Å². The van der Waals surface area contributed by atoms with Gasteiger partial charge >= 0.3 is 6.09 Å².